The van der Waals surface area contributed by atoms with Crippen LogP contribution in [0.25, 0.3) is 10.8 Å². The zero-order valence-electron chi connectivity index (χ0n) is 21.7. The maximum Gasteiger partial charge on any atom is 0.122 e. The van der Waals surface area contributed by atoms with Gasteiger partial charge in [-0.2, -0.15) is 4.65 Å². The Bertz CT molecular complexity index is 1320. The van der Waals surface area contributed by atoms with Crippen molar-refractivity contribution in [3.05, 3.63) is 65.5 Å². The van der Waals surface area contributed by atoms with E-state index in [0.717, 1.165) is 38.5 Å². The van der Waals surface area contributed by atoms with Gasteiger partial charge in [0.15, 0.2) is 0 Å². The number of aromatic nitrogens is 1. The Balaban J connectivity index is 1.15. The van der Waals surface area contributed by atoms with Crippen molar-refractivity contribution in [2.75, 3.05) is 7.05 Å². The van der Waals surface area contributed by atoms with Crippen LogP contribution in [0.3, 0.4) is 0 Å². The van der Waals surface area contributed by atoms with Gasteiger partial charge in [0.2, 0.25) is 0 Å². The Labute approximate surface area is 214 Å². The maximum atomic E-state index is 11.4. The van der Waals surface area contributed by atoms with Crippen molar-refractivity contribution in [3.8, 4) is 0 Å². The Hall–Kier alpha value is -2.01. The number of rotatable bonds is 3. The molecule has 3 heterocycles. The molecule has 2 unspecified atom stereocenters. The third kappa shape index (κ3) is 2.79. The molecule has 7 atom stereocenters. The minimum absolute atomic E-state index is 0.135. The van der Waals surface area contributed by atoms with E-state index in [1.807, 2.05) is 12.4 Å². The smallest absolute Gasteiger partial charge is 0.122 e. The van der Waals surface area contributed by atoms with Crippen molar-refractivity contribution >= 4 is 10.8 Å². The van der Waals surface area contributed by atoms with E-state index in [9.17, 15) is 5.21 Å². The molecule has 2 aromatic rings. The van der Waals surface area contributed by atoms with E-state index in [1.165, 1.54) is 53.2 Å². The lowest BCUT2D eigenvalue weighted by atomic mass is 9.58. The van der Waals surface area contributed by atoms with Gasteiger partial charge in [0, 0.05) is 43.5 Å². The molecule has 0 amide bonds. The maximum absolute atomic E-state index is 11.4. The molecule has 4 nitrogen and oxygen atoms in total. The molecule has 1 N–H and O–H groups in total. The zero-order chi connectivity index (χ0) is 24.3. The van der Waals surface area contributed by atoms with Crippen molar-refractivity contribution in [2.24, 2.45) is 11.3 Å². The first-order chi connectivity index (χ1) is 17.3. The summed E-state index contributed by atoms with van der Waals surface area (Å²) in [6.45, 7) is 2.55. The monoisotopic (exact) mass is 483 g/mol. The molecule has 1 saturated heterocycles. The molecule has 6 aliphatic rings. The largest absolute Gasteiger partial charge is 0.359 e. The van der Waals surface area contributed by atoms with Gasteiger partial charge in [0.05, 0.1) is 18.2 Å². The molecular weight excluding hydrogens is 444 g/mol. The lowest BCUT2D eigenvalue weighted by Gasteiger charge is -2.55. The van der Waals surface area contributed by atoms with E-state index < -0.39 is 0 Å². The molecule has 0 radical (unpaired) electrons. The topological polar surface area (TPSA) is 42.4 Å². The van der Waals surface area contributed by atoms with Gasteiger partial charge in [-0.1, -0.05) is 31.2 Å². The Morgan fingerprint density at radius 2 is 1.92 bits per heavy atom. The molecule has 3 saturated carbocycles. The quantitative estimate of drug-likeness (QED) is 0.384. The lowest BCUT2D eigenvalue weighted by Crippen LogP contribution is -2.59. The van der Waals surface area contributed by atoms with Crippen molar-refractivity contribution in [3.63, 3.8) is 0 Å². The SMILES string of the molecule is C[C@]12CC=C3C=C4CC[C@H]([N+](C)(O)C5CC5)CC45CC[C@]3(O5)[C@@H]1CC[C@@H]2c1ccc2ccncc2c1. The third-order valence-electron chi connectivity index (χ3n) is 11.7. The van der Waals surface area contributed by atoms with E-state index >= 15 is 0 Å². The lowest BCUT2D eigenvalue weighted by molar-refractivity contribution is -1.11. The van der Waals surface area contributed by atoms with E-state index in [-0.39, 0.29) is 21.3 Å². The first-order valence-electron chi connectivity index (χ1n) is 14.4. The fraction of sp³-hybridized carbons (Fsp3) is 0.594. The number of hydroxylamine groups is 3. The van der Waals surface area contributed by atoms with Crippen molar-refractivity contribution in [1.29, 1.82) is 0 Å². The number of hydrogen-bond acceptors (Lipinski definition) is 3. The van der Waals surface area contributed by atoms with E-state index in [0.29, 0.717) is 23.9 Å². The molecule has 1 aromatic heterocycles. The molecule has 1 aromatic carbocycles. The molecular formula is C32H39N2O2+. The predicted octanol–water partition coefficient (Wildman–Crippen LogP) is 6.84. The molecule has 2 aliphatic heterocycles. The third-order valence-corrected chi connectivity index (χ3v) is 11.7. The summed E-state index contributed by atoms with van der Waals surface area (Å²) in [5.41, 5.74) is 4.41. The van der Waals surface area contributed by atoms with Gasteiger partial charge >= 0.3 is 0 Å². The van der Waals surface area contributed by atoms with Gasteiger partial charge in [0.1, 0.15) is 12.1 Å². The molecule has 4 aliphatic carbocycles. The highest BCUT2D eigenvalue weighted by Gasteiger charge is 2.67. The highest BCUT2D eigenvalue weighted by Crippen LogP contribution is 2.69. The standard InChI is InChI=1S/C32H39N2O2/c1-30-13-11-25-18-24-5-6-27(34(2,35)26-7-8-26)19-31(24)14-15-32(25,36-31)29(30)10-9-28(30)22-4-3-21-12-16-33-20-23(21)17-22/h3-4,11-12,16-18,20,26-29,35H,5-10,13-15,19H2,1-2H3/q+1/t27-,28+,29+,30+,31?,32+,34?/m0/s1. The molecule has 4 heteroatoms. The molecule has 4 fully saturated rings. The van der Waals surface area contributed by atoms with Gasteiger partial charge in [-0.15, -0.1) is 0 Å². The van der Waals surface area contributed by atoms with Crippen LogP contribution < -0.4 is 0 Å². The second-order valence-electron chi connectivity index (χ2n) is 13.4. The van der Waals surface area contributed by atoms with Gasteiger partial charge in [-0.05, 0) is 90.0 Å². The van der Waals surface area contributed by atoms with Crippen LogP contribution >= 0.6 is 0 Å². The summed E-state index contributed by atoms with van der Waals surface area (Å²) in [7, 11) is 2.06. The summed E-state index contributed by atoms with van der Waals surface area (Å²) in [4.78, 5) is 4.38. The Kier molecular flexibility index (Phi) is 4.34. The first kappa shape index (κ1) is 22.0. The number of pyridine rings is 1. The number of quaternary nitrogens is 1. The molecule has 36 heavy (non-hydrogen) atoms. The van der Waals surface area contributed by atoms with Gasteiger partial charge in [0.25, 0.3) is 0 Å². The molecule has 2 spiro atoms. The summed E-state index contributed by atoms with van der Waals surface area (Å²) in [6.07, 6.45) is 20.4. The summed E-state index contributed by atoms with van der Waals surface area (Å²) >= 11 is 0. The summed E-state index contributed by atoms with van der Waals surface area (Å²) < 4.78 is 7.69. The van der Waals surface area contributed by atoms with Gasteiger partial charge < -0.3 is 4.74 Å². The van der Waals surface area contributed by atoms with Crippen LogP contribution in [0.5, 0.6) is 0 Å². The average molecular weight is 484 g/mol. The average Bonchev–Trinajstić information content (AvgIpc) is 3.63. The molecule has 8 rings (SSSR count). The normalized spacial score (nSPS) is 42.7. The number of nitrogens with zero attached hydrogens (tertiary/aromatic N) is 2. The second kappa shape index (κ2) is 7.09. The highest BCUT2D eigenvalue weighted by atomic mass is 16.6. The van der Waals surface area contributed by atoms with Crippen LogP contribution in [0.2, 0.25) is 0 Å². The van der Waals surface area contributed by atoms with Crippen LogP contribution in [0.1, 0.15) is 82.6 Å². The van der Waals surface area contributed by atoms with E-state index in [1.54, 1.807) is 0 Å². The van der Waals surface area contributed by atoms with Gasteiger partial charge in [-0.3, -0.25) is 4.98 Å². The van der Waals surface area contributed by atoms with Gasteiger partial charge in [-0.25, -0.2) is 5.21 Å². The van der Waals surface area contributed by atoms with Crippen molar-refractivity contribution in [2.45, 2.75) is 100 Å². The van der Waals surface area contributed by atoms with Crippen molar-refractivity contribution in [1.82, 2.24) is 4.98 Å². The minimum atomic E-state index is -0.150. The molecule has 188 valence electrons. The number of fused-ring (bicyclic) bond motifs is 2. The summed E-state index contributed by atoms with van der Waals surface area (Å²) in [5, 5.41) is 13.9. The second-order valence-corrected chi connectivity index (χ2v) is 13.4. The fourth-order valence-electron chi connectivity index (χ4n) is 9.59. The highest BCUT2D eigenvalue weighted by molar-refractivity contribution is 5.82. The van der Waals surface area contributed by atoms with Crippen molar-refractivity contribution < 1.29 is 14.6 Å². The number of hydrogen-bond donors (Lipinski definition) is 1. The van der Waals surface area contributed by atoms with Crippen LogP contribution in [0, 0.1) is 11.3 Å². The number of ether oxygens (including phenoxy) is 1. The molecule has 2 bridgehead atoms. The zero-order valence-corrected chi connectivity index (χ0v) is 21.7. The summed E-state index contributed by atoms with van der Waals surface area (Å²) in [6, 6.07) is 9.91. The van der Waals surface area contributed by atoms with E-state index in [2.05, 4.69) is 55.4 Å². The predicted molar refractivity (Wildman–Crippen MR) is 141 cm³/mol. The minimum Gasteiger partial charge on any atom is -0.359 e. The fourth-order valence-corrected chi connectivity index (χ4v) is 9.59. The Morgan fingerprint density at radius 3 is 2.78 bits per heavy atom. The Morgan fingerprint density at radius 1 is 1.03 bits per heavy atom. The van der Waals surface area contributed by atoms with Crippen LogP contribution in [-0.2, 0) is 4.74 Å². The number of benzene rings is 1. The summed E-state index contributed by atoms with van der Waals surface area (Å²) in [5.74, 6) is 1.10. The first-order valence-corrected chi connectivity index (χ1v) is 14.4. The van der Waals surface area contributed by atoms with Crippen LogP contribution in [0.15, 0.2) is 60.0 Å². The van der Waals surface area contributed by atoms with Crippen LogP contribution in [0.4, 0.5) is 0 Å². The van der Waals surface area contributed by atoms with Crippen LogP contribution in [-0.4, -0.2) is 45.2 Å². The number of allylic oxidation sites excluding steroid dienone is 1. The van der Waals surface area contributed by atoms with E-state index in [4.69, 9.17) is 4.74 Å².